The summed E-state index contributed by atoms with van der Waals surface area (Å²) in [5.74, 6) is -1.53. The second-order valence-electron chi connectivity index (χ2n) is 2.55. The second kappa shape index (κ2) is 4.45. The summed E-state index contributed by atoms with van der Waals surface area (Å²) in [5, 5.41) is 8.79. The highest BCUT2D eigenvalue weighted by atomic mass is 127. The molecule has 14 heavy (non-hydrogen) atoms. The van der Waals surface area contributed by atoms with Gasteiger partial charge in [-0.15, -0.1) is 0 Å². The molecule has 0 radical (unpaired) electrons. The summed E-state index contributed by atoms with van der Waals surface area (Å²) in [6, 6.07) is 1.49. The first-order valence-electron chi connectivity index (χ1n) is 3.70. The fourth-order valence-corrected chi connectivity index (χ4v) is 1.62. The lowest BCUT2D eigenvalue weighted by Crippen LogP contribution is -2.15. The third-order valence-corrected chi connectivity index (χ3v) is 2.20. The highest BCUT2D eigenvalue weighted by molar-refractivity contribution is 14.1. The minimum atomic E-state index is -1.06. The van der Waals surface area contributed by atoms with Gasteiger partial charge in [-0.05, 0) is 28.7 Å². The van der Waals surface area contributed by atoms with Crippen molar-refractivity contribution in [2.75, 3.05) is 7.11 Å². The lowest BCUT2D eigenvalue weighted by Gasteiger charge is -2.03. The summed E-state index contributed by atoms with van der Waals surface area (Å²) >= 11 is 1.98. The molecule has 0 atom stereocenters. The third-order valence-electron chi connectivity index (χ3n) is 1.61. The van der Waals surface area contributed by atoms with Gasteiger partial charge in [-0.25, -0.2) is 4.79 Å². The van der Waals surface area contributed by atoms with Gasteiger partial charge >= 0.3 is 11.9 Å². The molecule has 0 fully saturated rings. The van der Waals surface area contributed by atoms with Crippen LogP contribution in [0.1, 0.15) is 10.5 Å². The summed E-state index contributed by atoms with van der Waals surface area (Å²) in [6.45, 7) is -0.0822. The van der Waals surface area contributed by atoms with E-state index in [4.69, 9.17) is 5.11 Å². The Labute approximate surface area is 93.8 Å². The van der Waals surface area contributed by atoms with Crippen molar-refractivity contribution in [1.29, 1.82) is 0 Å². The summed E-state index contributed by atoms with van der Waals surface area (Å²) < 4.78 is 6.55. The predicted octanol–water partition coefficient (Wildman–Crippen LogP) is 0.964. The number of carbonyl (C=O) groups is 2. The first-order valence-corrected chi connectivity index (χ1v) is 4.78. The molecule has 0 saturated heterocycles. The molecule has 0 aromatic carbocycles. The Bertz CT molecular complexity index is 371. The van der Waals surface area contributed by atoms with Gasteiger partial charge in [0, 0.05) is 9.77 Å². The van der Waals surface area contributed by atoms with E-state index in [-0.39, 0.29) is 12.2 Å². The highest BCUT2D eigenvalue weighted by Crippen LogP contribution is 2.11. The molecule has 1 aromatic rings. The monoisotopic (exact) mass is 309 g/mol. The number of aromatic nitrogens is 1. The molecule has 5 nitrogen and oxygen atoms in total. The molecule has 6 heteroatoms. The number of ether oxygens (including phenoxy) is 1. The van der Waals surface area contributed by atoms with Gasteiger partial charge in [0.2, 0.25) is 0 Å². The van der Waals surface area contributed by atoms with Crippen LogP contribution in [0.2, 0.25) is 0 Å². The van der Waals surface area contributed by atoms with E-state index < -0.39 is 11.9 Å². The van der Waals surface area contributed by atoms with E-state index in [1.54, 1.807) is 6.20 Å². The summed E-state index contributed by atoms with van der Waals surface area (Å²) in [4.78, 5) is 21.7. The van der Waals surface area contributed by atoms with E-state index in [0.717, 1.165) is 3.57 Å². The first kappa shape index (κ1) is 11.0. The molecule has 0 unspecified atom stereocenters. The number of rotatable bonds is 3. The Hall–Kier alpha value is -1.05. The van der Waals surface area contributed by atoms with Crippen molar-refractivity contribution >= 4 is 34.5 Å². The van der Waals surface area contributed by atoms with Crippen molar-refractivity contribution in [2.45, 2.75) is 6.54 Å². The van der Waals surface area contributed by atoms with Crippen LogP contribution >= 0.6 is 22.6 Å². The van der Waals surface area contributed by atoms with Crippen molar-refractivity contribution in [3.05, 3.63) is 21.5 Å². The lowest BCUT2D eigenvalue weighted by molar-refractivity contribution is -0.141. The molecule has 0 spiro atoms. The van der Waals surface area contributed by atoms with Crippen molar-refractivity contribution in [2.24, 2.45) is 0 Å². The van der Waals surface area contributed by atoms with Crippen LogP contribution in [-0.2, 0) is 16.1 Å². The predicted molar refractivity (Wildman–Crippen MR) is 56.1 cm³/mol. The molecule has 0 amide bonds. The first-order chi connectivity index (χ1) is 6.54. The van der Waals surface area contributed by atoms with E-state index >= 15 is 0 Å². The zero-order valence-electron chi connectivity index (χ0n) is 7.36. The zero-order valence-corrected chi connectivity index (χ0v) is 9.52. The minimum absolute atomic E-state index is 0.0822. The molecular formula is C8H8INO4. The van der Waals surface area contributed by atoms with Gasteiger partial charge < -0.3 is 14.4 Å². The largest absolute Gasteiger partial charge is 0.477 e. The summed E-state index contributed by atoms with van der Waals surface area (Å²) in [7, 11) is 1.26. The minimum Gasteiger partial charge on any atom is -0.477 e. The quantitative estimate of drug-likeness (QED) is 0.667. The Morgan fingerprint density at radius 3 is 2.79 bits per heavy atom. The molecule has 0 aliphatic heterocycles. The van der Waals surface area contributed by atoms with Crippen LogP contribution in [0.4, 0.5) is 0 Å². The highest BCUT2D eigenvalue weighted by Gasteiger charge is 2.13. The maximum Gasteiger partial charge on any atom is 0.352 e. The van der Waals surface area contributed by atoms with Gasteiger partial charge in [0.1, 0.15) is 12.2 Å². The maximum atomic E-state index is 10.9. The van der Waals surface area contributed by atoms with Gasteiger partial charge in [0.15, 0.2) is 0 Å². The van der Waals surface area contributed by atoms with Gasteiger partial charge in [-0.2, -0.15) is 0 Å². The molecule has 0 saturated carbocycles. The average molecular weight is 309 g/mol. The molecule has 1 N–H and O–H groups in total. The Morgan fingerprint density at radius 1 is 1.64 bits per heavy atom. The molecule has 0 aliphatic rings. The van der Waals surface area contributed by atoms with Crippen LogP contribution in [0, 0.1) is 3.57 Å². The fraction of sp³-hybridized carbons (Fsp3) is 0.250. The number of carboxylic acid groups (broad SMARTS) is 1. The average Bonchev–Trinajstić information content (AvgIpc) is 2.46. The smallest absolute Gasteiger partial charge is 0.352 e. The van der Waals surface area contributed by atoms with E-state index in [1.165, 1.54) is 17.7 Å². The molecule has 1 rings (SSSR count). The normalized spacial score (nSPS) is 9.86. The second-order valence-corrected chi connectivity index (χ2v) is 3.80. The van der Waals surface area contributed by atoms with Crippen molar-refractivity contribution in [3.8, 4) is 0 Å². The number of hydrogen-bond donors (Lipinski definition) is 1. The Kier molecular flexibility index (Phi) is 3.50. The molecular weight excluding hydrogens is 301 g/mol. The van der Waals surface area contributed by atoms with Crippen LogP contribution in [0.5, 0.6) is 0 Å². The van der Waals surface area contributed by atoms with E-state index in [1.807, 2.05) is 22.6 Å². The lowest BCUT2D eigenvalue weighted by atomic mass is 10.4. The third kappa shape index (κ3) is 2.47. The van der Waals surface area contributed by atoms with Gasteiger partial charge in [-0.3, -0.25) is 4.79 Å². The summed E-state index contributed by atoms with van der Waals surface area (Å²) in [6.07, 6.45) is 1.58. The van der Waals surface area contributed by atoms with Crippen molar-refractivity contribution < 1.29 is 19.4 Å². The summed E-state index contributed by atoms with van der Waals surface area (Å²) in [5.41, 5.74) is 0.0831. The Balaban J connectivity index is 2.95. The van der Waals surface area contributed by atoms with Crippen LogP contribution < -0.4 is 0 Å². The van der Waals surface area contributed by atoms with E-state index in [0.29, 0.717) is 0 Å². The number of carboxylic acids is 1. The van der Waals surface area contributed by atoms with Crippen LogP contribution in [0.15, 0.2) is 12.3 Å². The number of methoxy groups -OCH3 is 1. The maximum absolute atomic E-state index is 10.9. The van der Waals surface area contributed by atoms with Gasteiger partial charge in [-0.1, -0.05) is 0 Å². The van der Waals surface area contributed by atoms with Crippen molar-refractivity contribution in [3.63, 3.8) is 0 Å². The number of hydrogen-bond acceptors (Lipinski definition) is 3. The van der Waals surface area contributed by atoms with E-state index in [2.05, 4.69) is 4.74 Å². The standard InChI is InChI=1S/C8H8INO4/c1-14-7(11)4-10-3-5(9)2-6(10)8(12)13/h2-3H,4H2,1H3,(H,12,13). The molecule has 1 aromatic heterocycles. The molecule has 0 bridgehead atoms. The Morgan fingerprint density at radius 2 is 2.29 bits per heavy atom. The van der Waals surface area contributed by atoms with Crippen molar-refractivity contribution in [1.82, 2.24) is 4.57 Å². The topological polar surface area (TPSA) is 68.5 Å². The molecule has 1 heterocycles. The number of halogens is 1. The van der Waals surface area contributed by atoms with Gasteiger partial charge in [0.05, 0.1) is 7.11 Å². The number of aromatic carboxylic acids is 1. The van der Waals surface area contributed by atoms with Crippen LogP contribution in [0.3, 0.4) is 0 Å². The van der Waals surface area contributed by atoms with Crippen LogP contribution in [-0.4, -0.2) is 28.7 Å². The van der Waals surface area contributed by atoms with E-state index in [9.17, 15) is 9.59 Å². The van der Waals surface area contributed by atoms with Crippen LogP contribution in [0.25, 0.3) is 0 Å². The van der Waals surface area contributed by atoms with Gasteiger partial charge in [0.25, 0.3) is 0 Å². The molecule has 76 valence electrons. The number of esters is 1. The SMILES string of the molecule is COC(=O)Cn1cc(I)cc1C(=O)O. The zero-order chi connectivity index (χ0) is 10.7. The molecule has 0 aliphatic carbocycles. The number of carbonyl (C=O) groups excluding carboxylic acids is 1. The number of nitrogens with zero attached hydrogens (tertiary/aromatic N) is 1. The fourth-order valence-electron chi connectivity index (χ4n) is 0.988.